The Hall–Kier alpha value is -0.530. The topological polar surface area (TPSA) is 21.6 Å². The van der Waals surface area contributed by atoms with E-state index >= 15 is 0 Å². The molecule has 60 valence electrons. The minimum absolute atomic E-state index is 0.869. The second kappa shape index (κ2) is 6.59. The number of methoxy groups -OCH3 is 1. The predicted molar refractivity (Wildman–Crippen MR) is 44.5 cm³/mol. The Balaban J connectivity index is 3.27. The molecule has 0 saturated carbocycles. The monoisotopic (exact) mass is 143 g/mol. The van der Waals surface area contributed by atoms with E-state index in [1.165, 1.54) is 19.3 Å². The Morgan fingerprint density at radius 1 is 1.40 bits per heavy atom. The van der Waals surface area contributed by atoms with Crippen molar-refractivity contribution in [1.82, 2.24) is 0 Å². The van der Waals surface area contributed by atoms with E-state index in [0.29, 0.717) is 0 Å². The summed E-state index contributed by atoms with van der Waals surface area (Å²) >= 11 is 0. The zero-order valence-electron chi connectivity index (χ0n) is 7.18. The lowest BCUT2D eigenvalue weighted by Crippen LogP contribution is -2.00. The number of hydrogen-bond donors (Lipinski definition) is 0. The number of unbranched alkanes of at least 4 members (excludes halogenated alkanes) is 2. The summed E-state index contributed by atoms with van der Waals surface area (Å²) in [5.74, 6) is 0.869. The molecule has 0 aromatic rings. The first-order valence-electron chi connectivity index (χ1n) is 3.84. The Labute approximate surface area is 63.3 Å². The second-order valence-electron chi connectivity index (χ2n) is 2.28. The van der Waals surface area contributed by atoms with Crippen molar-refractivity contribution in [1.29, 1.82) is 0 Å². The lowest BCUT2D eigenvalue weighted by Gasteiger charge is -2.01. The second-order valence-corrected chi connectivity index (χ2v) is 2.28. The van der Waals surface area contributed by atoms with Crippen LogP contribution in [-0.2, 0) is 4.74 Å². The van der Waals surface area contributed by atoms with Crippen LogP contribution >= 0.6 is 0 Å². The molecule has 0 aromatic heterocycles. The summed E-state index contributed by atoms with van der Waals surface area (Å²) in [5.41, 5.74) is 0. The zero-order chi connectivity index (χ0) is 7.82. The highest BCUT2D eigenvalue weighted by Gasteiger charge is 1.94. The van der Waals surface area contributed by atoms with Gasteiger partial charge in [-0.1, -0.05) is 19.8 Å². The van der Waals surface area contributed by atoms with Crippen LogP contribution in [0.25, 0.3) is 0 Å². The Morgan fingerprint density at radius 3 is 2.50 bits per heavy atom. The molecule has 0 aliphatic rings. The molecule has 0 spiro atoms. The van der Waals surface area contributed by atoms with E-state index in [4.69, 9.17) is 4.74 Å². The molecule has 0 unspecified atom stereocenters. The fraction of sp³-hybridized carbons (Fsp3) is 0.875. The van der Waals surface area contributed by atoms with Gasteiger partial charge in [0.15, 0.2) is 5.90 Å². The van der Waals surface area contributed by atoms with Crippen LogP contribution in [0.15, 0.2) is 4.99 Å². The van der Waals surface area contributed by atoms with Crippen LogP contribution in [0.1, 0.15) is 32.6 Å². The first-order chi connectivity index (χ1) is 4.85. The third-order valence-electron chi connectivity index (χ3n) is 1.48. The molecule has 0 aliphatic heterocycles. The normalized spacial score (nSPS) is 11.7. The summed E-state index contributed by atoms with van der Waals surface area (Å²) < 4.78 is 5.00. The molecule has 0 N–H and O–H groups in total. The number of aliphatic imine (C=N–C) groups is 1. The lowest BCUT2D eigenvalue weighted by atomic mass is 10.2. The largest absolute Gasteiger partial charge is 0.484 e. The molecular formula is C8H17NO. The van der Waals surface area contributed by atoms with Crippen molar-refractivity contribution >= 4 is 5.90 Å². The Morgan fingerprint density at radius 2 is 2.10 bits per heavy atom. The molecule has 10 heavy (non-hydrogen) atoms. The molecule has 0 heterocycles. The molecule has 0 saturated heterocycles. The molecule has 0 rings (SSSR count). The Kier molecular flexibility index (Phi) is 6.24. The van der Waals surface area contributed by atoms with Crippen molar-refractivity contribution in [3.05, 3.63) is 0 Å². The third-order valence-corrected chi connectivity index (χ3v) is 1.48. The van der Waals surface area contributed by atoms with Crippen molar-refractivity contribution in [2.24, 2.45) is 4.99 Å². The van der Waals surface area contributed by atoms with Crippen molar-refractivity contribution < 1.29 is 4.74 Å². The van der Waals surface area contributed by atoms with Crippen molar-refractivity contribution in [3.63, 3.8) is 0 Å². The summed E-state index contributed by atoms with van der Waals surface area (Å²) in [7, 11) is 3.44. The highest BCUT2D eigenvalue weighted by Crippen LogP contribution is 2.00. The smallest absolute Gasteiger partial charge is 0.182 e. The fourth-order valence-corrected chi connectivity index (χ4v) is 0.831. The summed E-state index contributed by atoms with van der Waals surface area (Å²) in [6.45, 7) is 2.19. The summed E-state index contributed by atoms with van der Waals surface area (Å²) in [4.78, 5) is 3.97. The maximum atomic E-state index is 5.00. The van der Waals surface area contributed by atoms with E-state index in [0.717, 1.165) is 12.3 Å². The first-order valence-corrected chi connectivity index (χ1v) is 3.84. The predicted octanol–water partition coefficient (Wildman–Crippen LogP) is 2.24. The average molecular weight is 143 g/mol. The number of nitrogens with zero attached hydrogens (tertiary/aromatic N) is 1. The van der Waals surface area contributed by atoms with E-state index in [1.807, 2.05) is 0 Å². The summed E-state index contributed by atoms with van der Waals surface area (Å²) in [6, 6.07) is 0. The van der Waals surface area contributed by atoms with Crippen molar-refractivity contribution in [3.8, 4) is 0 Å². The van der Waals surface area contributed by atoms with Crippen LogP contribution < -0.4 is 0 Å². The van der Waals surface area contributed by atoms with Gasteiger partial charge < -0.3 is 4.74 Å². The van der Waals surface area contributed by atoms with E-state index in [2.05, 4.69) is 11.9 Å². The van der Waals surface area contributed by atoms with E-state index < -0.39 is 0 Å². The molecule has 0 bridgehead atoms. The highest BCUT2D eigenvalue weighted by atomic mass is 16.5. The van der Waals surface area contributed by atoms with Gasteiger partial charge in [0, 0.05) is 13.5 Å². The first kappa shape index (κ1) is 9.47. The van der Waals surface area contributed by atoms with Gasteiger partial charge in [0.1, 0.15) is 0 Å². The minimum atomic E-state index is 0.869. The zero-order valence-corrected chi connectivity index (χ0v) is 7.18. The lowest BCUT2D eigenvalue weighted by molar-refractivity contribution is 0.386. The standard InChI is InChI=1S/C8H17NO/c1-4-5-6-7-8(9-2)10-3/h4-7H2,1-3H3. The minimum Gasteiger partial charge on any atom is -0.484 e. The Bertz CT molecular complexity index is 99.4. The van der Waals surface area contributed by atoms with Gasteiger partial charge in [-0.15, -0.1) is 0 Å². The molecule has 0 aromatic carbocycles. The maximum absolute atomic E-state index is 5.00. The van der Waals surface area contributed by atoms with Gasteiger partial charge in [0.2, 0.25) is 0 Å². The molecule has 0 radical (unpaired) electrons. The average Bonchev–Trinajstić information content (AvgIpc) is 1.99. The molecule has 2 nitrogen and oxygen atoms in total. The van der Waals surface area contributed by atoms with Gasteiger partial charge in [-0.2, -0.15) is 0 Å². The molecule has 0 atom stereocenters. The van der Waals surface area contributed by atoms with Gasteiger partial charge in [-0.25, -0.2) is 0 Å². The van der Waals surface area contributed by atoms with Crippen LogP contribution in [0.2, 0.25) is 0 Å². The van der Waals surface area contributed by atoms with Crippen LogP contribution in [-0.4, -0.2) is 20.1 Å². The quantitative estimate of drug-likeness (QED) is 0.336. The van der Waals surface area contributed by atoms with Gasteiger partial charge in [-0.3, -0.25) is 4.99 Å². The van der Waals surface area contributed by atoms with Crippen molar-refractivity contribution in [2.75, 3.05) is 14.2 Å². The molecule has 0 aliphatic carbocycles. The summed E-state index contributed by atoms with van der Waals surface area (Å²) in [6.07, 6.45) is 4.70. The van der Waals surface area contributed by atoms with Crippen molar-refractivity contribution in [2.45, 2.75) is 32.6 Å². The van der Waals surface area contributed by atoms with E-state index in [1.54, 1.807) is 14.2 Å². The van der Waals surface area contributed by atoms with E-state index in [-0.39, 0.29) is 0 Å². The van der Waals surface area contributed by atoms with Gasteiger partial charge >= 0.3 is 0 Å². The highest BCUT2D eigenvalue weighted by molar-refractivity contribution is 5.75. The SMILES string of the molecule is CCCCCC(=NC)OC. The number of ether oxygens (including phenoxy) is 1. The van der Waals surface area contributed by atoms with Crippen LogP contribution in [0.5, 0.6) is 0 Å². The van der Waals surface area contributed by atoms with Crippen LogP contribution in [0, 0.1) is 0 Å². The third kappa shape index (κ3) is 4.36. The van der Waals surface area contributed by atoms with Gasteiger partial charge in [0.05, 0.1) is 7.11 Å². The van der Waals surface area contributed by atoms with Crippen LogP contribution in [0.4, 0.5) is 0 Å². The molecular weight excluding hydrogens is 126 g/mol. The number of rotatable bonds is 4. The number of hydrogen-bond acceptors (Lipinski definition) is 2. The van der Waals surface area contributed by atoms with Gasteiger partial charge in [0.25, 0.3) is 0 Å². The fourth-order valence-electron chi connectivity index (χ4n) is 0.831. The van der Waals surface area contributed by atoms with Gasteiger partial charge in [-0.05, 0) is 6.42 Å². The maximum Gasteiger partial charge on any atom is 0.182 e. The summed E-state index contributed by atoms with van der Waals surface area (Å²) in [5, 5.41) is 0. The van der Waals surface area contributed by atoms with Crippen LogP contribution in [0.3, 0.4) is 0 Å². The molecule has 0 fully saturated rings. The molecule has 2 heteroatoms. The van der Waals surface area contributed by atoms with E-state index in [9.17, 15) is 0 Å². The molecule has 0 amide bonds.